The third-order valence-corrected chi connectivity index (χ3v) is 5.34. The van der Waals surface area contributed by atoms with E-state index in [1.54, 1.807) is 0 Å². The number of ether oxygens (including phenoxy) is 1. The number of aryl methyl sites for hydroxylation is 1. The molecule has 126 valence electrons. The number of fused-ring (bicyclic) bond motifs is 1. The molecule has 0 radical (unpaired) electrons. The van der Waals surface area contributed by atoms with Gasteiger partial charge < -0.3 is 15.2 Å². The average molecular weight is 345 g/mol. The Kier molecular flexibility index (Phi) is 4.97. The highest BCUT2D eigenvalue weighted by molar-refractivity contribution is 7.14. The smallest absolute Gasteiger partial charge is 0.305 e. The van der Waals surface area contributed by atoms with Gasteiger partial charge in [0.1, 0.15) is 0 Å². The van der Waals surface area contributed by atoms with Crippen LogP contribution in [0.5, 0.6) is 0 Å². The number of thiophene rings is 1. The summed E-state index contributed by atoms with van der Waals surface area (Å²) in [6.45, 7) is 3.13. The SMILES string of the molecule is Cc1ccccc1C(CC(=O)O)NC(=O)c1cc2c(s1)CCOC2. The van der Waals surface area contributed by atoms with Crippen LogP contribution in [0.2, 0.25) is 0 Å². The second kappa shape index (κ2) is 7.15. The van der Waals surface area contributed by atoms with Crippen molar-refractivity contribution < 1.29 is 19.4 Å². The maximum Gasteiger partial charge on any atom is 0.305 e. The number of aliphatic carboxylic acids is 1. The second-order valence-corrected chi connectivity index (χ2v) is 6.98. The van der Waals surface area contributed by atoms with Crippen LogP contribution in [0.4, 0.5) is 0 Å². The minimum Gasteiger partial charge on any atom is -0.481 e. The average Bonchev–Trinajstić information content (AvgIpc) is 2.98. The number of carboxylic acids is 1. The standard InChI is InChI=1S/C18H19NO4S/c1-11-4-2-3-5-13(11)14(9-17(20)21)19-18(22)16-8-12-10-23-7-6-15(12)24-16/h2-5,8,14H,6-7,9-10H2,1H3,(H,19,22)(H,20,21). The second-order valence-electron chi connectivity index (χ2n) is 5.84. The topological polar surface area (TPSA) is 75.6 Å². The molecule has 0 saturated heterocycles. The third kappa shape index (κ3) is 3.66. The van der Waals surface area contributed by atoms with Crippen molar-refractivity contribution in [2.45, 2.75) is 32.4 Å². The molecule has 5 nitrogen and oxygen atoms in total. The predicted octanol–water partition coefficient (Wildman–Crippen LogP) is 3.08. The number of rotatable bonds is 5. The number of carbonyl (C=O) groups is 2. The molecule has 0 saturated carbocycles. The molecular weight excluding hydrogens is 326 g/mol. The summed E-state index contributed by atoms with van der Waals surface area (Å²) in [6, 6.07) is 8.82. The van der Waals surface area contributed by atoms with Crippen LogP contribution in [0, 0.1) is 6.92 Å². The normalized spacial score (nSPS) is 14.7. The number of carbonyl (C=O) groups excluding carboxylic acids is 1. The lowest BCUT2D eigenvalue weighted by molar-refractivity contribution is -0.137. The third-order valence-electron chi connectivity index (χ3n) is 4.10. The van der Waals surface area contributed by atoms with E-state index in [0.717, 1.165) is 23.1 Å². The van der Waals surface area contributed by atoms with E-state index in [0.29, 0.717) is 18.1 Å². The summed E-state index contributed by atoms with van der Waals surface area (Å²) in [5.41, 5.74) is 2.85. The quantitative estimate of drug-likeness (QED) is 0.873. The fourth-order valence-corrected chi connectivity index (χ4v) is 3.93. The highest BCUT2D eigenvalue weighted by Gasteiger charge is 2.23. The number of hydrogen-bond acceptors (Lipinski definition) is 4. The largest absolute Gasteiger partial charge is 0.481 e. The van der Waals surface area contributed by atoms with Gasteiger partial charge in [0.25, 0.3) is 5.91 Å². The van der Waals surface area contributed by atoms with Gasteiger partial charge >= 0.3 is 5.97 Å². The summed E-state index contributed by atoms with van der Waals surface area (Å²) in [5.74, 6) is -1.17. The summed E-state index contributed by atoms with van der Waals surface area (Å²) >= 11 is 1.46. The molecule has 0 aliphatic carbocycles. The van der Waals surface area contributed by atoms with Gasteiger partial charge in [-0.2, -0.15) is 0 Å². The van der Waals surface area contributed by atoms with Gasteiger partial charge in [0.15, 0.2) is 0 Å². The molecule has 0 spiro atoms. The molecule has 0 bridgehead atoms. The molecular formula is C18H19NO4S. The van der Waals surface area contributed by atoms with E-state index in [1.165, 1.54) is 16.2 Å². The molecule has 1 amide bonds. The van der Waals surface area contributed by atoms with Crippen LogP contribution in [0.25, 0.3) is 0 Å². The van der Waals surface area contributed by atoms with Crippen molar-refractivity contribution >= 4 is 23.2 Å². The van der Waals surface area contributed by atoms with Crippen LogP contribution in [-0.4, -0.2) is 23.6 Å². The van der Waals surface area contributed by atoms with Crippen LogP contribution < -0.4 is 5.32 Å². The number of benzene rings is 1. The van der Waals surface area contributed by atoms with Crippen molar-refractivity contribution in [2.75, 3.05) is 6.61 Å². The van der Waals surface area contributed by atoms with E-state index >= 15 is 0 Å². The molecule has 2 N–H and O–H groups in total. The highest BCUT2D eigenvalue weighted by atomic mass is 32.1. The van der Waals surface area contributed by atoms with E-state index in [2.05, 4.69) is 5.32 Å². The van der Waals surface area contributed by atoms with E-state index in [9.17, 15) is 14.7 Å². The Morgan fingerprint density at radius 2 is 2.17 bits per heavy atom. The molecule has 1 aliphatic heterocycles. The molecule has 1 aromatic carbocycles. The van der Waals surface area contributed by atoms with Gasteiger partial charge in [-0.3, -0.25) is 9.59 Å². The Balaban J connectivity index is 1.82. The zero-order valence-electron chi connectivity index (χ0n) is 13.4. The van der Waals surface area contributed by atoms with Gasteiger partial charge in [0.2, 0.25) is 0 Å². The van der Waals surface area contributed by atoms with Crippen LogP contribution in [0.15, 0.2) is 30.3 Å². The van der Waals surface area contributed by atoms with Crippen molar-refractivity contribution in [1.29, 1.82) is 0 Å². The Bertz CT molecular complexity index is 745. The van der Waals surface area contributed by atoms with Crippen molar-refractivity contribution in [3.05, 3.63) is 56.8 Å². The Hall–Kier alpha value is -2.18. The Morgan fingerprint density at radius 1 is 1.38 bits per heavy atom. The van der Waals surface area contributed by atoms with Crippen molar-refractivity contribution in [1.82, 2.24) is 5.32 Å². The molecule has 0 fully saturated rings. The minimum absolute atomic E-state index is 0.148. The lowest BCUT2D eigenvalue weighted by Gasteiger charge is -2.19. The fraction of sp³-hybridized carbons (Fsp3) is 0.333. The van der Waals surface area contributed by atoms with Crippen LogP contribution in [0.3, 0.4) is 0 Å². The maximum atomic E-state index is 12.6. The monoisotopic (exact) mass is 345 g/mol. The zero-order chi connectivity index (χ0) is 17.1. The van der Waals surface area contributed by atoms with E-state index < -0.39 is 12.0 Å². The molecule has 1 aromatic heterocycles. The van der Waals surface area contributed by atoms with Gasteiger partial charge in [0.05, 0.1) is 30.6 Å². The van der Waals surface area contributed by atoms with E-state index in [4.69, 9.17) is 4.74 Å². The zero-order valence-corrected chi connectivity index (χ0v) is 14.2. The van der Waals surface area contributed by atoms with Crippen molar-refractivity contribution in [3.63, 3.8) is 0 Å². The molecule has 2 heterocycles. The first kappa shape index (κ1) is 16.7. The summed E-state index contributed by atoms with van der Waals surface area (Å²) < 4.78 is 5.41. The van der Waals surface area contributed by atoms with Crippen molar-refractivity contribution in [2.24, 2.45) is 0 Å². The van der Waals surface area contributed by atoms with Crippen molar-refractivity contribution in [3.8, 4) is 0 Å². The minimum atomic E-state index is -0.942. The maximum absolute atomic E-state index is 12.6. The Labute approximate surface area is 144 Å². The number of amides is 1. The number of carboxylic acid groups (broad SMARTS) is 1. The molecule has 1 unspecified atom stereocenters. The van der Waals surface area contributed by atoms with E-state index in [-0.39, 0.29) is 12.3 Å². The fourth-order valence-electron chi connectivity index (χ4n) is 2.88. The number of nitrogens with one attached hydrogen (secondary N) is 1. The lowest BCUT2D eigenvalue weighted by Crippen LogP contribution is -2.30. The van der Waals surface area contributed by atoms with Gasteiger partial charge in [-0.05, 0) is 29.7 Å². The molecule has 3 rings (SSSR count). The van der Waals surface area contributed by atoms with Gasteiger partial charge in [-0.25, -0.2) is 0 Å². The summed E-state index contributed by atoms with van der Waals surface area (Å²) in [7, 11) is 0. The highest BCUT2D eigenvalue weighted by Crippen LogP contribution is 2.28. The first-order chi connectivity index (χ1) is 11.5. The van der Waals surface area contributed by atoms with Gasteiger partial charge in [-0.15, -0.1) is 11.3 Å². The van der Waals surface area contributed by atoms with E-state index in [1.807, 2.05) is 37.3 Å². The predicted molar refractivity (Wildman–Crippen MR) is 91.3 cm³/mol. The summed E-state index contributed by atoms with van der Waals surface area (Å²) in [6.07, 6.45) is 0.675. The summed E-state index contributed by atoms with van der Waals surface area (Å²) in [5, 5.41) is 12.1. The Morgan fingerprint density at radius 3 is 2.88 bits per heavy atom. The first-order valence-corrected chi connectivity index (χ1v) is 8.63. The van der Waals surface area contributed by atoms with Gasteiger partial charge in [-0.1, -0.05) is 24.3 Å². The van der Waals surface area contributed by atoms with Crippen LogP contribution in [-0.2, 0) is 22.6 Å². The number of hydrogen-bond donors (Lipinski definition) is 2. The van der Waals surface area contributed by atoms with Crippen LogP contribution in [0.1, 0.15) is 43.7 Å². The lowest BCUT2D eigenvalue weighted by atomic mass is 9.98. The van der Waals surface area contributed by atoms with Gasteiger partial charge in [0, 0.05) is 11.3 Å². The van der Waals surface area contributed by atoms with Crippen LogP contribution >= 0.6 is 11.3 Å². The molecule has 2 aromatic rings. The molecule has 1 atom stereocenters. The summed E-state index contributed by atoms with van der Waals surface area (Å²) in [4.78, 5) is 25.6. The molecule has 24 heavy (non-hydrogen) atoms. The molecule has 6 heteroatoms. The first-order valence-electron chi connectivity index (χ1n) is 7.82. The molecule has 1 aliphatic rings.